The van der Waals surface area contributed by atoms with Gasteiger partial charge in [0.15, 0.2) is 17.3 Å². The molecule has 0 radical (unpaired) electrons. The lowest BCUT2D eigenvalue weighted by Crippen LogP contribution is -2.53. The van der Waals surface area contributed by atoms with E-state index in [2.05, 4.69) is 20.5 Å². The Balaban J connectivity index is 2.05. The minimum absolute atomic E-state index is 0.192. The Bertz CT molecular complexity index is 1010. The number of carbonyl (C=O) groups is 2. The first-order valence-electron chi connectivity index (χ1n) is 10.8. The van der Waals surface area contributed by atoms with Gasteiger partial charge in [0, 0.05) is 25.2 Å². The summed E-state index contributed by atoms with van der Waals surface area (Å²) in [7, 11) is 1.95. The molecule has 0 aliphatic carbocycles. The molecule has 0 fully saturated rings. The Kier molecular flexibility index (Phi) is 6.97. The highest BCUT2D eigenvalue weighted by atomic mass is 19.2. The molecule has 0 unspecified atom stereocenters. The van der Waals surface area contributed by atoms with Gasteiger partial charge in [0.2, 0.25) is 5.91 Å². The zero-order valence-corrected chi connectivity index (χ0v) is 19.3. The number of imidazole rings is 1. The van der Waals surface area contributed by atoms with E-state index >= 15 is 0 Å². The average Bonchev–Trinajstić information content (AvgIpc) is 2.94. The largest absolute Gasteiger partial charge is 0.355 e. The highest BCUT2D eigenvalue weighted by Crippen LogP contribution is 2.28. The molecule has 7 nitrogen and oxygen atoms in total. The van der Waals surface area contributed by atoms with Crippen LogP contribution in [0.15, 0.2) is 18.2 Å². The molecule has 32 heavy (non-hydrogen) atoms. The number of halogens is 2. The van der Waals surface area contributed by atoms with Gasteiger partial charge in [0.1, 0.15) is 11.9 Å². The Morgan fingerprint density at radius 1 is 1.19 bits per heavy atom. The first-order valence-corrected chi connectivity index (χ1v) is 10.8. The van der Waals surface area contributed by atoms with Crippen LogP contribution < -0.4 is 10.6 Å². The summed E-state index contributed by atoms with van der Waals surface area (Å²) >= 11 is 0. The topological polar surface area (TPSA) is 79.3 Å². The molecular formula is C23H31F2N5O2. The van der Waals surface area contributed by atoms with Crippen molar-refractivity contribution in [2.24, 2.45) is 5.41 Å². The quantitative estimate of drug-likeness (QED) is 0.739. The van der Waals surface area contributed by atoms with Crippen LogP contribution in [0.25, 0.3) is 11.4 Å². The molecule has 1 aromatic heterocycles. The fourth-order valence-corrected chi connectivity index (χ4v) is 3.91. The van der Waals surface area contributed by atoms with Crippen molar-refractivity contribution in [1.82, 2.24) is 25.1 Å². The lowest BCUT2D eigenvalue weighted by Gasteiger charge is -2.30. The number of carbonyl (C=O) groups excluding carboxylic acids is 2. The van der Waals surface area contributed by atoms with Gasteiger partial charge in [0.05, 0.1) is 5.69 Å². The molecule has 1 aliphatic rings. The number of aromatic nitrogens is 2. The van der Waals surface area contributed by atoms with Gasteiger partial charge < -0.3 is 20.1 Å². The maximum absolute atomic E-state index is 13.9. The van der Waals surface area contributed by atoms with E-state index in [0.717, 1.165) is 25.1 Å². The van der Waals surface area contributed by atoms with E-state index in [0.29, 0.717) is 36.7 Å². The fourth-order valence-electron chi connectivity index (χ4n) is 3.91. The zero-order valence-electron chi connectivity index (χ0n) is 19.3. The molecule has 0 saturated carbocycles. The summed E-state index contributed by atoms with van der Waals surface area (Å²) in [4.78, 5) is 32.6. The summed E-state index contributed by atoms with van der Waals surface area (Å²) in [5.41, 5.74) is 0.748. The van der Waals surface area contributed by atoms with E-state index in [9.17, 15) is 18.4 Å². The fraction of sp³-hybridized carbons (Fsp3) is 0.522. The van der Waals surface area contributed by atoms with Crippen molar-refractivity contribution >= 4 is 11.8 Å². The molecule has 2 aromatic rings. The molecule has 3 rings (SSSR count). The highest BCUT2D eigenvalue weighted by molar-refractivity contribution is 5.98. The van der Waals surface area contributed by atoms with Crippen LogP contribution >= 0.6 is 0 Å². The van der Waals surface area contributed by atoms with E-state index in [4.69, 9.17) is 0 Å². The summed E-state index contributed by atoms with van der Waals surface area (Å²) < 4.78 is 29.3. The third-order valence-corrected chi connectivity index (χ3v) is 5.56. The van der Waals surface area contributed by atoms with Crippen LogP contribution in [0.5, 0.6) is 0 Å². The summed E-state index contributed by atoms with van der Waals surface area (Å²) in [6.45, 7) is 9.78. The second-order valence-electron chi connectivity index (χ2n) is 9.27. The SMILES string of the molecule is CCNC(=O)[C@@H](NC(=O)c1nc(-c2ccc(F)c(F)c2)n2c1CN(C)CCC2)C(C)(C)C. The summed E-state index contributed by atoms with van der Waals surface area (Å²) in [5, 5.41) is 5.62. The van der Waals surface area contributed by atoms with Crippen LogP contribution in [0.1, 0.15) is 50.3 Å². The number of fused-ring (bicyclic) bond motifs is 1. The van der Waals surface area contributed by atoms with Gasteiger partial charge in [-0.3, -0.25) is 9.59 Å². The molecule has 2 heterocycles. The van der Waals surface area contributed by atoms with Crippen molar-refractivity contribution in [3.05, 3.63) is 41.2 Å². The minimum Gasteiger partial charge on any atom is -0.355 e. The predicted octanol–water partition coefficient (Wildman–Crippen LogP) is 2.94. The smallest absolute Gasteiger partial charge is 0.272 e. The lowest BCUT2D eigenvalue weighted by atomic mass is 9.86. The zero-order chi connectivity index (χ0) is 23.6. The van der Waals surface area contributed by atoms with Gasteiger partial charge in [-0.2, -0.15) is 0 Å². The molecule has 9 heteroatoms. The third kappa shape index (κ3) is 4.98. The number of nitrogens with zero attached hydrogens (tertiary/aromatic N) is 3. The van der Waals surface area contributed by atoms with Crippen LogP contribution in [-0.4, -0.2) is 52.4 Å². The first kappa shape index (κ1) is 23.8. The molecule has 1 aromatic carbocycles. The molecule has 1 atom stereocenters. The van der Waals surface area contributed by atoms with E-state index < -0.39 is 29.0 Å². The molecule has 1 aliphatic heterocycles. The van der Waals surface area contributed by atoms with Gasteiger partial charge in [-0.25, -0.2) is 13.8 Å². The Labute approximate surface area is 187 Å². The monoisotopic (exact) mass is 447 g/mol. The van der Waals surface area contributed by atoms with Gasteiger partial charge in [-0.1, -0.05) is 20.8 Å². The molecule has 0 bridgehead atoms. The van der Waals surface area contributed by atoms with Crippen LogP contribution in [-0.2, 0) is 17.9 Å². The molecule has 0 saturated heterocycles. The average molecular weight is 448 g/mol. The number of amides is 2. The van der Waals surface area contributed by atoms with Crippen molar-refractivity contribution in [3.8, 4) is 11.4 Å². The van der Waals surface area contributed by atoms with Crippen molar-refractivity contribution in [2.45, 2.75) is 53.2 Å². The van der Waals surface area contributed by atoms with Crippen LogP contribution in [0.4, 0.5) is 8.78 Å². The number of nitrogens with one attached hydrogen (secondary N) is 2. The number of benzene rings is 1. The lowest BCUT2D eigenvalue weighted by molar-refractivity contribution is -0.125. The Morgan fingerprint density at radius 2 is 1.91 bits per heavy atom. The van der Waals surface area contributed by atoms with Crippen molar-refractivity contribution in [1.29, 1.82) is 0 Å². The first-order chi connectivity index (χ1) is 15.0. The van der Waals surface area contributed by atoms with Gasteiger partial charge in [-0.15, -0.1) is 0 Å². The highest BCUT2D eigenvalue weighted by Gasteiger charge is 2.35. The second kappa shape index (κ2) is 9.36. The Morgan fingerprint density at radius 3 is 2.53 bits per heavy atom. The number of rotatable bonds is 5. The van der Waals surface area contributed by atoms with Gasteiger partial charge in [-0.05, 0) is 50.6 Å². The van der Waals surface area contributed by atoms with Crippen LogP contribution in [0.2, 0.25) is 0 Å². The Hall–Kier alpha value is -2.81. The van der Waals surface area contributed by atoms with Gasteiger partial charge >= 0.3 is 0 Å². The minimum atomic E-state index is -0.972. The molecule has 2 amide bonds. The van der Waals surface area contributed by atoms with Crippen molar-refractivity contribution in [2.75, 3.05) is 20.1 Å². The summed E-state index contributed by atoms with van der Waals surface area (Å²) in [6, 6.07) is 2.84. The predicted molar refractivity (Wildman–Crippen MR) is 118 cm³/mol. The second-order valence-corrected chi connectivity index (χ2v) is 9.27. The maximum Gasteiger partial charge on any atom is 0.272 e. The third-order valence-electron chi connectivity index (χ3n) is 5.56. The summed E-state index contributed by atoms with van der Waals surface area (Å²) in [5.74, 6) is -2.24. The van der Waals surface area contributed by atoms with Crippen molar-refractivity contribution < 1.29 is 18.4 Å². The number of likely N-dealkylation sites (N-methyl/N-ethyl adjacent to an activating group) is 1. The molecule has 2 N–H and O–H groups in total. The van der Waals surface area contributed by atoms with Crippen molar-refractivity contribution in [3.63, 3.8) is 0 Å². The van der Waals surface area contributed by atoms with E-state index in [1.54, 1.807) is 0 Å². The normalized spacial score (nSPS) is 15.6. The van der Waals surface area contributed by atoms with E-state index in [1.165, 1.54) is 6.07 Å². The standard InChI is InChI=1S/C23H31F2N5O2/c1-6-26-22(32)19(23(2,3)4)28-21(31)18-17-13-29(5)10-7-11-30(17)20(27-18)14-8-9-15(24)16(25)12-14/h8-9,12,19H,6-7,10-11,13H2,1-5H3,(H,26,32)(H,28,31)/t19-/m1/s1. The molecule has 0 spiro atoms. The van der Waals surface area contributed by atoms with Crippen LogP contribution in [0, 0.1) is 17.0 Å². The van der Waals surface area contributed by atoms with Gasteiger partial charge in [0.25, 0.3) is 5.91 Å². The molecule has 174 valence electrons. The number of hydrogen-bond donors (Lipinski definition) is 2. The molecular weight excluding hydrogens is 416 g/mol. The van der Waals surface area contributed by atoms with Crippen LogP contribution in [0.3, 0.4) is 0 Å². The van der Waals surface area contributed by atoms with E-state index in [-0.39, 0.29) is 11.6 Å². The van der Waals surface area contributed by atoms with E-state index in [1.807, 2.05) is 39.3 Å². The summed E-state index contributed by atoms with van der Waals surface area (Å²) in [6.07, 6.45) is 0.821. The number of hydrogen-bond acceptors (Lipinski definition) is 4. The maximum atomic E-state index is 13.9.